The van der Waals surface area contributed by atoms with Crippen molar-refractivity contribution in [3.63, 3.8) is 0 Å². The van der Waals surface area contributed by atoms with Crippen LogP contribution < -0.4 is 10.0 Å². The van der Waals surface area contributed by atoms with Crippen molar-refractivity contribution in [1.29, 1.82) is 0 Å². The van der Waals surface area contributed by atoms with E-state index in [-0.39, 0.29) is 0 Å². The molecule has 118 valence electrons. The zero-order valence-corrected chi connectivity index (χ0v) is 14.1. The third-order valence-corrected chi connectivity index (χ3v) is 6.09. The highest BCUT2D eigenvalue weighted by atomic mass is 32.2. The van der Waals surface area contributed by atoms with E-state index in [2.05, 4.69) is 23.9 Å². The third-order valence-electron chi connectivity index (χ3n) is 4.53. The Hall–Kier alpha value is -1.07. The summed E-state index contributed by atoms with van der Waals surface area (Å²) in [5.41, 5.74) is 1.65. The molecular weight excluding hydrogens is 284 g/mol. The van der Waals surface area contributed by atoms with Crippen LogP contribution in [0.4, 0.5) is 5.69 Å². The largest absolute Gasteiger partial charge is 0.382 e. The topological polar surface area (TPSA) is 58.2 Å². The summed E-state index contributed by atoms with van der Waals surface area (Å²) in [6, 6.07) is 6.00. The lowest BCUT2D eigenvalue weighted by molar-refractivity contribution is 0.276. The molecule has 0 bridgehead atoms. The molecule has 21 heavy (non-hydrogen) atoms. The van der Waals surface area contributed by atoms with Crippen molar-refractivity contribution in [2.45, 2.75) is 51.0 Å². The van der Waals surface area contributed by atoms with Gasteiger partial charge in [0.15, 0.2) is 0 Å². The van der Waals surface area contributed by atoms with Crippen molar-refractivity contribution in [3.05, 3.63) is 23.8 Å². The Morgan fingerprint density at radius 2 is 1.90 bits per heavy atom. The van der Waals surface area contributed by atoms with Crippen LogP contribution in [0.25, 0.3) is 0 Å². The van der Waals surface area contributed by atoms with Gasteiger partial charge in [-0.3, -0.25) is 0 Å². The molecule has 3 atom stereocenters. The van der Waals surface area contributed by atoms with Gasteiger partial charge in [-0.2, -0.15) is 0 Å². The molecule has 4 nitrogen and oxygen atoms in total. The Morgan fingerprint density at radius 3 is 2.52 bits per heavy atom. The Bertz CT molecular complexity index is 598. The highest BCUT2D eigenvalue weighted by Crippen LogP contribution is 2.31. The minimum Gasteiger partial charge on any atom is -0.382 e. The van der Waals surface area contributed by atoms with Crippen molar-refractivity contribution in [3.8, 4) is 0 Å². The van der Waals surface area contributed by atoms with Crippen LogP contribution >= 0.6 is 0 Å². The second-order valence-corrected chi connectivity index (χ2v) is 8.19. The summed E-state index contributed by atoms with van der Waals surface area (Å²) in [7, 11) is -1.96. The molecule has 0 saturated heterocycles. The molecule has 5 heteroatoms. The van der Waals surface area contributed by atoms with Crippen LogP contribution in [0.15, 0.2) is 23.1 Å². The molecule has 3 unspecified atom stereocenters. The Labute approximate surface area is 128 Å². The Morgan fingerprint density at radius 1 is 1.19 bits per heavy atom. The molecule has 1 fully saturated rings. The van der Waals surface area contributed by atoms with E-state index in [1.54, 1.807) is 6.07 Å². The van der Waals surface area contributed by atoms with Crippen LogP contribution in [0.2, 0.25) is 0 Å². The van der Waals surface area contributed by atoms with Crippen LogP contribution in [0.3, 0.4) is 0 Å². The molecule has 0 amide bonds. The van der Waals surface area contributed by atoms with Gasteiger partial charge in [0.1, 0.15) is 0 Å². The van der Waals surface area contributed by atoms with E-state index in [0.717, 1.165) is 23.6 Å². The molecule has 1 aliphatic rings. The van der Waals surface area contributed by atoms with Crippen LogP contribution in [-0.2, 0) is 10.0 Å². The molecule has 2 N–H and O–H groups in total. The average Bonchev–Trinajstić information content (AvgIpc) is 2.43. The molecule has 0 radical (unpaired) electrons. The number of hydrogen-bond acceptors (Lipinski definition) is 3. The molecule has 0 aliphatic heterocycles. The summed E-state index contributed by atoms with van der Waals surface area (Å²) >= 11 is 0. The van der Waals surface area contributed by atoms with E-state index < -0.39 is 10.0 Å². The number of rotatable bonds is 4. The van der Waals surface area contributed by atoms with Crippen molar-refractivity contribution >= 4 is 15.7 Å². The van der Waals surface area contributed by atoms with Gasteiger partial charge < -0.3 is 5.32 Å². The van der Waals surface area contributed by atoms with Crippen molar-refractivity contribution < 1.29 is 8.42 Å². The molecule has 0 aromatic heterocycles. The zero-order valence-electron chi connectivity index (χ0n) is 13.3. The van der Waals surface area contributed by atoms with Gasteiger partial charge in [-0.25, -0.2) is 13.1 Å². The van der Waals surface area contributed by atoms with E-state index in [1.165, 1.54) is 19.9 Å². The summed E-state index contributed by atoms with van der Waals surface area (Å²) in [6.07, 6.45) is 3.60. The summed E-state index contributed by atoms with van der Waals surface area (Å²) in [4.78, 5) is 0.354. The summed E-state index contributed by atoms with van der Waals surface area (Å²) in [5, 5.41) is 3.52. The van der Waals surface area contributed by atoms with E-state index in [9.17, 15) is 8.42 Å². The quantitative estimate of drug-likeness (QED) is 0.898. The minimum absolute atomic E-state index is 0.354. The third kappa shape index (κ3) is 3.77. The maximum atomic E-state index is 12.0. The Balaban J connectivity index is 2.20. The van der Waals surface area contributed by atoms with Crippen molar-refractivity contribution in [1.82, 2.24) is 4.72 Å². The van der Waals surface area contributed by atoms with E-state index in [4.69, 9.17) is 0 Å². The summed E-state index contributed by atoms with van der Waals surface area (Å²) in [6.45, 7) is 6.39. The van der Waals surface area contributed by atoms with Crippen LogP contribution in [0.1, 0.15) is 38.7 Å². The van der Waals surface area contributed by atoms with Gasteiger partial charge in [0.25, 0.3) is 0 Å². The van der Waals surface area contributed by atoms with Gasteiger partial charge in [0, 0.05) is 11.7 Å². The van der Waals surface area contributed by atoms with Gasteiger partial charge in [0.2, 0.25) is 10.0 Å². The SMILES string of the molecule is CNS(=O)(=O)c1cc(NC2CCC(C)CC2C)ccc1C. The number of nitrogens with one attached hydrogen (secondary N) is 2. The summed E-state index contributed by atoms with van der Waals surface area (Å²) < 4.78 is 26.5. The fourth-order valence-corrected chi connectivity index (χ4v) is 4.18. The lowest BCUT2D eigenvalue weighted by atomic mass is 9.80. The van der Waals surface area contributed by atoms with Crippen molar-refractivity contribution in [2.75, 3.05) is 12.4 Å². The molecule has 1 aromatic rings. The molecule has 2 rings (SSSR count). The van der Waals surface area contributed by atoms with Crippen LogP contribution in [0, 0.1) is 18.8 Å². The lowest BCUT2D eigenvalue weighted by Gasteiger charge is -2.34. The second-order valence-electron chi connectivity index (χ2n) is 6.33. The highest BCUT2D eigenvalue weighted by Gasteiger charge is 2.25. The highest BCUT2D eigenvalue weighted by molar-refractivity contribution is 7.89. The maximum absolute atomic E-state index is 12.0. The normalized spacial score (nSPS) is 26.6. The standard InChI is InChI=1S/C16H26N2O2S/c1-11-5-8-15(13(3)9-11)18-14-7-6-12(2)16(10-14)21(19,20)17-4/h6-7,10-11,13,15,17-18H,5,8-9H2,1-4H3. The fourth-order valence-electron chi connectivity index (χ4n) is 3.18. The first kappa shape index (κ1) is 16.3. The number of benzene rings is 1. The monoisotopic (exact) mass is 310 g/mol. The van der Waals surface area contributed by atoms with Crippen LogP contribution in [0.5, 0.6) is 0 Å². The molecule has 0 heterocycles. The first-order valence-corrected chi connectivity index (χ1v) is 9.12. The number of sulfonamides is 1. The first-order valence-electron chi connectivity index (χ1n) is 7.64. The second kappa shape index (κ2) is 6.36. The molecule has 1 aromatic carbocycles. The summed E-state index contributed by atoms with van der Waals surface area (Å²) in [5.74, 6) is 1.40. The van der Waals surface area contributed by atoms with Crippen LogP contribution in [-0.4, -0.2) is 21.5 Å². The number of anilines is 1. The Kier molecular flexibility index (Phi) is 4.94. The number of hydrogen-bond donors (Lipinski definition) is 2. The van der Waals surface area contributed by atoms with E-state index in [0.29, 0.717) is 16.9 Å². The van der Waals surface area contributed by atoms with Gasteiger partial charge in [-0.05, 0) is 62.8 Å². The van der Waals surface area contributed by atoms with Gasteiger partial charge in [0.05, 0.1) is 4.90 Å². The number of aryl methyl sites for hydroxylation is 1. The minimum atomic E-state index is -3.40. The predicted octanol–water partition coefficient (Wildman–Crippen LogP) is 3.14. The molecule has 0 spiro atoms. The molecule has 1 saturated carbocycles. The van der Waals surface area contributed by atoms with E-state index >= 15 is 0 Å². The van der Waals surface area contributed by atoms with Gasteiger partial charge in [-0.15, -0.1) is 0 Å². The van der Waals surface area contributed by atoms with Gasteiger partial charge >= 0.3 is 0 Å². The lowest BCUT2D eigenvalue weighted by Crippen LogP contribution is -2.33. The average molecular weight is 310 g/mol. The molecular formula is C16H26N2O2S. The fraction of sp³-hybridized carbons (Fsp3) is 0.625. The van der Waals surface area contributed by atoms with E-state index in [1.807, 2.05) is 19.1 Å². The van der Waals surface area contributed by atoms with Crippen molar-refractivity contribution in [2.24, 2.45) is 11.8 Å². The predicted molar refractivity (Wildman–Crippen MR) is 87.0 cm³/mol. The molecule has 1 aliphatic carbocycles. The smallest absolute Gasteiger partial charge is 0.240 e. The first-order chi connectivity index (χ1) is 9.83. The maximum Gasteiger partial charge on any atom is 0.240 e. The zero-order chi connectivity index (χ0) is 15.6. The van der Waals surface area contributed by atoms with Gasteiger partial charge in [-0.1, -0.05) is 19.9 Å².